The van der Waals surface area contributed by atoms with Crippen LogP contribution in [-0.2, 0) is 6.54 Å². The predicted octanol–water partition coefficient (Wildman–Crippen LogP) is 3.24. The zero-order valence-corrected chi connectivity index (χ0v) is 11.2. The minimum absolute atomic E-state index is 0.104. The highest BCUT2D eigenvalue weighted by Gasteiger charge is 2.19. The van der Waals surface area contributed by atoms with E-state index in [9.17, 15) is 14.9 Å². The van der Waals surface area contributed by atoms with Crippen molar-refractivity contribution >= 4 is 34.5 Å². The van der Waals surface area contributed by atoms with Gasteiger partial charge in [-0.2, -0.15) is 0 Å². The van der Waals surface area contributed by atoms with Gasteiger partial charge in [-0.25, -0.2) is 0 Å². The lowest BCUT2D eigenvalue weighted by Crippen LogP contribution is -2.22. The summed E-state index contributed by atoms with van der Waals surface area (Å²) in [5.74, 6) is -0.429. The number of hydrogen-bond donors (Lipinski definition) is 1. The van der Waals surface area contributed by atoms with Gasteiger partial charge in [-0.3, -0.25) is 14.9 Å². The lowest BCUT2D eigenvalue weighted by Gasteiger charge is -2.05. The third kappa shape index (κ3) is 3.10. The average molecular weight is 297 g/mol. The van der Waals surface area contributed by atoms with Crippen molar-refractivity contribution in [3.63, 3.8) is 0 Å². The number of hydrogen-bond acceptors (Lipinski definition) is 4. The number of nitrogens with one attached hydrogen (secondary N) is 1. The largest absolute Gasteiger partial charge is 0.347 e. The second-order valence-corrected chi connectivity index (χ2v) is 5.07. The van der Waals surface area contributed by atoms with Crippen molar-refractivity contribution in [2.75, 3.05) is 0 Å². The van der Waals surface area contributed by atoms with Crippen LogP contribution in [0.4, 0.5) is 5.69 Å². The third-order valence-corrected chi connectivity index (χ3v) is 3.70. The second kappa shape index (κ2) is 5.81. The van der Waals surface area contributed by atoms with Crippen molar-refractivity contribution in [3.05, 3.63) is 61.3 Å². The summed E-state index contributed by atoms with van der Waals surface area (Å²) in [5, 5.41) is 15.2. The molecule has 2 rings (SSSR count). The van der Waals surface area contributed by atoms with Crippen molar-refractivity contribution in [1.82, 2.24) is 5.32 Å². The van der Waals surface area contributed by atoms with Crippen LogP contribution in [0.3, 0.4) is 0 Å². The maximum absolute atomic E-state index is 11.9. The Morgan fingerprint density at radius 1 is 1.37 bits per heavy atom. The number of benzene rings is 1. The molecule has 0 unspecified atom stereocenters. The van der Waals surface area contributed by atoms with Crippen molar-refractivity contribution in [2.24, 2.45) is 0 Å². The molecule has 0 atom stereocenters. The van der Waals surface area contributed by atoms with E-state index in [4.69, 9.17) is 11.6 Å². The summed E-state index contributed by atoms with van der Waals surface area (Å²) in [6.07, 6.45) is 0. The van der Waals surface area contributed by atoms with E-state index in [0.717, 1.165) is 4.88 Å². The molecule has 0 spiro atoms. The predicted molar refractivity (Wildman–Crippen MR) is 73.6 cm³/mol. The van der Waals surface area contributed by atoms with Crippen LogP contribution in [0, 0.1) is 10.1 Å². The number of nitro benzene ring substituents is 1. The SMILES string of the molecule is O=C(NCc1cccs1)c1cccc([N+](=O)[O-])c1Cl. The van der Waals surface area contributed by atoms with Gasteiger partial charge < -0.3 is 5.32 Å². The van der Waals surface area contributed by atoms with E-state index >= 15 is 0 Å². The van der Waals surface area contributed by atoms with Crippen molar-refractivity contribution < 1.29 is 9.72 Å². The molecule has 1 aromatic heterocycles. The van der Waals surface area contributed by atoms with Gasteiger partial charge in [0.15, 0.2) is 0 Å². The normalized spacial score (nSPS) is 10.2. The van der Waals surface area contributed by atoms with Gasteiger partial charge in [0, 0.05) is 10.9 Å². The number of rotatable bonds is 4. The third-order valence-electron chi connectivity index (χ3n) is 2.42. The Morgan fingerprint density at radius 3 is 2.79 bits per heavy atom. The van der Waals surface area contributed by atoms with Crippen LogP contribution in [0.15, 0.2) is 35.7 Å². The van der Waals surface area contributed by atoms with Crippen LogP contribution in [0.25, 0.3) is 0 Å². The first kappa shape index (κ1) is 13.5. The van der Waals surface area contributed by atoms with E-state index in [0.29, 0.717) is 6.54 Å². The number of nitro groups is 1. The first-order chi connectivity index (χ1) is 9.09. The van der Waals surface area contributed by atoms with Gasteiger partial charge in [0.2, 0.25) is 0 Å². The Bertz CT molecular complexity index is 613. The molecule has 1 aromatic carbocycles. The molecule has 7 heteroatoms. The molecule has 0 aliphatic carbocycles. The van der Waals surface area contributed by atoms with Gasteiger partial charge in [-0.05, 0) is 17.5 Å². The molecular weight excluding hydrogens is 288 g/mol. The Morgan fingerprint density at radius 2 is 2.16 bits per heavy atom. The molecule has 1 heterocycles. The highest BCUT2D eigenvalue weighted by atomic mass is 35.5. The van der Waals surface area contributed by atoms with Crippen molar-refractivity contribution in [1.29, 1.82) is 0 Å². The number of carbonyl (C=O) groups excluding carboxylic acids is 1. The molecule has 0 saturated heterocycles. The summed E-state index contributed by atoms with van der Waals surface area (Å²) in [4.78, 5) is 23.0. The summed E-state index contributed by atoms with van der Waals surface area (Å²) in [6, 6.07) is 7.92. The fourth-order valence-corrected chi connectivity index (χ4v) is 2.44. The van der Waals surface area contributed by atoms with Crippen LogP contribution >= 0.6 is 22.9 Å². The van der Waals surface area contributed by atoms with Gasteiger partial charge in [0.1, 0.15) is 5.02 Å². The molecule has 0 radical (unpaired) electrons. The topological polar surface area (TPSA) is 72.2 Å². The molecule has 0 aliphatic heterocycles. The number of thiophene rings is 1. The Labute approximate surface area is 118 Å². The molecular formula is C12H9ClN2O3S. The Kier molecular flexibility index (Phi) is 4.13. The minimum Gasteiger partial charge on any atom is -0.347 e. The molecule has 1 N–H and O–H groups in total. The molecule has 0 aliphatic rings. The quantitative estimate of drug-likeness (QED) is 0.695. The zero-order valence-electron chi connectivity index (χ0n) is 9.63. The maximum Gasteiger partial charge on any atom is 0.288 e. The minimum atomic E-state index is -0.613. The summed E-state index contributed by atoms with van der Waals surface area (Å²) >= 11 is 7.38. The molecule has 0 saturated carbocycles. The van der Waals surface area contributed by atoms with Gasteiger partial charge in [0.05, 0.1) is 17.0 Å². The number of halogens is 1. The van der Waals surface area contributed by atoms with E-state index in [-0.39, 0.29) is 16.3 Å². The summed E-state index contributed by atoms with van der Waals surface area (Å²) in [6.45, 7) is 0.371. The van der Waals surface area contributed by atoms with Gasteiger partial charge >= 0.3 is 0 Å². The lowest BCUT2D eigenvalue weighted by molar-refractivity contribution is -0.384. The smallest absolute Gasteiger partial charge is 0.288 e. The van der Waals surface area contributed by atoms with Gasteiger partial charge in [-0.1, -0.05) is 23.7 Å². The highest BCUT2D eigenvalue weighted by molar-refractivity contribution is 7.09. The molecule has 0 bridgehead atoms. The van der Waals surface area contributed by atoms with Crippen LogP contribution in [0.1, 0.15) is 15.2 Å². The maximum atomic E-state index is 11.9. The Hall–Kier alpha value is -1.92. The van der Waals surface area contributed by atoms with Crippen LogP contribution in [0.2, 0.25) is 5.02 Å². The highest BCUT2D eigenvalue weighted by Crippen LogP contribution is 2.27. The average Bonchev–Trinajstić information content (AvgIpc) is 2.89. The molecule has 98 valence electrons. The van der Waals surface area contributed by atoms with E-state index in [1.54, 1.807) is 0 Å². The van der Waals surface area contributed by atoms with Crippen LogP contribution in [-0.4, -0.2) is 10.8 Å². The monoisotopic (exact) mass is 296 g/mol. The first-order valence-electron chi connectivity index (χ1n) is 5.33. The van der Waals surface area contributed by atoms with Crippen molar-refractivity contribution in [2.45, 2.75) is 6.54 Å². The number of nitrogens with zero attached hydrogens (tertiary/aromatic N) is 1. The van der Waals surface area contributed by atoms with E-state index < -0.39 is 10.8 Å². The Balaban J connectivity index is 2.15. The van der Waals surface area contributed by atoms with Crippen LogP contribution in [0.5, 0.6) is 0 Å². The fraction of sp³-hybridized carbons (Fsp3) is 0.0833. The molecule has 5 nitrogen and oxygen atoms in total. The van der Waals surface area contributed by atoms with E-state index in [2.05, 4.69) is 5.32 Å². The first-order valence-corrected chi connectivity index (χ1v) is 6.59. The lowest BCUT2D eigenvalue weighted by atomic mass is 10.2. The van der Waals surface area contributed by atoms with E-state index in [1.165, 1.54) is 29.5 Å². The molecule has 2 aromatic rings. The summed E-state index contributed by atoms with van der Waals surface area (Å²) < 4.78 is 0. The van der Waals surface area contributed by atoms with Gasteiger partial charge in [-0.15, -0.1) is 11.3 Å². The fourth-order valence-electron chi connectivity index (χ4n) is 1.51. The van der Waals surface area contributed by atoms with E-state index in [1.807, 2.05) is 17.5 Å². The number of carbonyl (C=O) groups is 1. The second-order valence-electron chi connectivity index (χ2n) is 3.66. The zero-order chi connectivity index (χ0) is 13.8. The number of amides is 1. The molecule has 1 amide bonds. The van der Waals surface area contributed by atoms with Crippen LogP contribution < -0.4 is 5.32 Å². The van der Waals surface area contributed by atoms with Gasteiger partial charge in [0.25, 0.3) is 11.6 Å². The standard InChI is InChI=1S/C12H9ClN2O3S/c13-11-9(4-1-5-10(11)15(17)18)12(16)14-7-8-3-2-6-19-8/h1-6H,7H2,(H,14,16). The molecule has 19 heavy (non-hydrogen) atoms. The summed E-state index contributed by atoms with van der Waals surface area (Å²) in [5.41, 5.74) is -0.169. The molecule has 0 fully saturated rings. The summed E-state index contributed by atoms with van der Waals surface area (Å²) in [7, 11) is 0. The van der Waals surface area contributed by atoms with Crippen molar-refractivity contribution in [3.8, 4) is 0 Å².